The van der Waals surface area contributed by atoms with Crippen LogP contribution < -0.4 is 11.2 Å². The molecule has 2 aromatic carbocycles. The van der Waals surface area contributed by atoms with Crippen molar-refractivity contribution in [3.05, 3.63) is 105 Å². The molecule has 1 amide bonds. The lowest BCUT2D eigenvalue weighted by Crippen LogP contribution is -2.45. The van der Waals surface area contributed by atoms with Gasteiger partial charge in [0.1, 0.15) is 6.54 Å². The number of carbonyl (C=O) groups excluding carboxylic acids is 1. The minimum Gasteiger partial charge on any atom is -0.338 e. The Morgan fingerprint density at radius 1 is 0.900 bits per heavy atom. The van der Waals surface area contributed by atoms with Crippen LogP contribution in [0.25, 0.3) is 0 Å². The molecule has 154 valence electrons. The molecule has 6 heteroatoms. The number of rotatable bonds is 6. The van der Waals surface area contributed by atoms with Crippen LogP contribution in [-0.2, 0) is 24.3 Å². The van der Waals surface area contributed by atoms with Crippen LogP contribution in [0.3, 0.4) is 0 Å². The number of hydrogen-bond acceptors (Lipinski definition) is 3. The maximum absolute atomic E-state index is 13.0. The van der Waals surface area contributed by atoms with Crippen LogP contribution in [0.4, 0.5) is 0 Å². The third-order valence-electron chi connectivity index (χ3n) is 5.64. The first-order valence-electron chi connectivity index (χ1n) is 10.3. The Morgan fingerprint density at radius 3 is 2.27 bits per heavy atom. The van der Waals surface area contributed by atoms with E-state index < -0.39 is 11.2 Å². The van der Waals surface area contributed by atoms with E-state index in [-0.39, 0.29) is 18.5 Å². The van der Waals surface area contributed by atoms with Crippen molar-refractivity contribution < 1.29 is 4.79 Å². The standard InChI is InChI=1S/C24H25N3O3/c28-22-13-15-25(17-20-10-5-2-6-11-20)24(30)27(22)18-23(29)26-14-7-12-21(26)16-19-8-3-1-4-9-19/h1-6,8-11,13,15,21H,7,12,14,16-18H2/t21-/m0/s1. The summed E-state index contributed by atoms with van der Waals surface area (Å²) in [7, 11) is 0. The summed E-state index contributed by atoms with van der Waals surface area (Å²) in [5.41, 5.74) is 1.23. The van der Waals surface area contributed by atoms with Crippen molar-refractivity contribution in [3.63, 3.8) is 0 Å². The summed E-state index contributed by atoms with van der Waals surface area (Å²) < 4.78 is 2.51. The maximum atomic E-state index is 13.0. The Balaban J connectivity index is 1.52. The third kappa shape index (κ3) is 4.43. The molecule has 6 nitrogen and oxygen atoms in total. The molecule has 30 heavy (non-hydrogen) atoms. The second-order valence-electron chi connectivity index (χ2n) is 7.71. The summed E-state index contributed by atoms with van der Waals surface area (Å²) in [6, 6.07) is 21.1. The van der Waals surface area contributed by atoms with E-state index in [0.717, 1.165) is 29.4 Å². The molecule has 1 aromatic heterocycles. The van der Waals surface area contributed by atoms with Crippen LogP contribution in [0.5, 0.6) is 0 Å². The summed E-state index contributed by atoms with van der Waals surface area (Å²) in [4.78, 5) is 40.1. The van der Waals surface area contributed by atoms with E-state index >= 15 is 0 Å². The van der Waals surface area contributed by atoms with Gasteiger partial charge in [0.05, 0.1) is 6.54 Å². The highest BCUT2D eigenvalue weighted by molar-refractivity contribution is 5.76. The summed E-state index contributed by atoms with van der Waals surface area (Å²) >= 11 is 0. The van der Waals surface area contributed by atoms with Crippen molar-refractivity contribution in [2.45, 2.75) is 38.4 Å². The molecule has 2 heterocycles. The SMILES string of the molecule is O=C(Cn1c(=O)ccn(Cc2ccccc2)c1=O)N1CCC[C@H]1Cc1ccccc1. The fourth-order valence-electron chi connectivity index (χ4n) is 4.09. The van der Waals surface area contributed by atoms with Crippen LogP contribution in [0.1, 0.15) is 24.0 Å². The van der Waals surface area contributed by atoms with Crippen LogP contribution in [0, 0.1) is 0 Å². The largest absolute Gasteiger partial charge is 0.338 e. The smallest absolute Gasteiger partial charge is 0.331 e. The Hall–Kier alpha value is -3.41. The minimum absolute atomic E-state index is 0.103. The van der Waals surface area contributed by atoms with Gasteiger partial charge in [0, 0.05) is 24.8 Å². The van der Waals surface area contributed by atoms with Gasteiger partial charge in [-0.05, 0) is 30.4 Å². The van der Waals surface area contributed by atoms with Gasteiger partial charge in [0.25, 0.3) is 5.56 Å². The number of benzene rings is 2. The van der Waals surface area contributed by atoms with Crippen molar-refractivity contribution in [2.75, 3.05) is 6.54 Å². The molecule has 1 atom stereocenters. The first-order valence-corrected chi connectivity index (χ1v) is 10.3. The fraction of sp³-hybridized carbons (Fsp3) is 0.292. The first kappa shape index (κ1) is 19.9. The van der Waals surface area contributed by atoms with E-state index in [4.69, 9.17) is 0 Å². The average Bonchev–Trinajstić information content (AvgIpc) is 3.23. The lowest BCUT2D eigenvalue weighted by atomic mass is 10.0. The number of hydrogen-bond donors (Lipinski definition) is 0. The number of nitrogens with zero attached hydrogens (tertiary/aromatic N) is 3. The molecule has 0 spiro atoms. The van der Waals surface area contributed by atoms with Crippen molar-refractivity contribution in [2.24, 2.45) is 0 Å². The zero-order valence-electron chi connectivity index (χ0n) is 16.8. The maximum Gasteiger partial charge on any atom is 0.331 e. The molecular formula is C24H25N3O3. The Bertz CT molecular complexity index is 1120. The summed E-state index contributed by atoms with van der Waals surface area (Å²) in [6.07, 6.45) is 4.15. The lowest BCUT2D eigenvalue weighted by Gasteiger charge is -2.25. The van der Waals surface area contributed by atoms with Crippen LogP contribution in [0.15, 0.2) is 82.5 Å². The zero-order valence-corrected chi connectivity index (χ0v) is 16.8. The molecule has 1 fully saturated rings. The van der Waals surface area contributed by atoms with Crippen molar-refractivity contribution in [3.8, 4) is 0 Å². The molecule has 4 rings (SSSR count). The summed E-state index contributed by atoms with van der Waals surface area (Å²) in [6.45, 7) is 0.795. The molecule has 3 aromatic rings. The van der Waals surface area contributed by atoms with Crippen LogP contribution >= 0.6 is 0 Å². The van der Waals surface area contributed by atoms with Crippen molar-refractivity contribution >= 4 is 5.91 Å². The third-order valence-corrected chi connectivity index (χ3v) is 5.64. The van der Waals surface area contributed by atoms with E-state index in [1.54, 1.807) is 0 Å². The van der Waals surface area contributed by atoms with Crippen LogP contribution in [-0.4, -0.2) is 32.5 Å². The van der Waals surface area contributed by atoms with Gasteiger partial charge in [0.15, 0.2) is 0 Å². The highest BCUT2D eigenvalue weighted by Crippen LogP contribution is 2.21. The van der Waals surface area contributed by atoms with Gasteiger partial charge in [-0.15, -0.1) is 0 Å². The molecule has 0 aliphatic carbocycles. The number of aromatic nitrogens is 2. The number of likely N-dealkylation sites (tertiary alicyclic amines) is 1. The lowest BCUT2D eigenvalue weighted by molar-refractivity contribution is -0.132. The van der Waals surface area contributed by atoms with E-state index in [2.05, 4.69) is 12.1 Å². The van der Waals surface area contributed by atoms with E-state index in [1.807, 2.05) is 53.4 Å². The van der Waals surface area contributed by atoms with Crippen molar-refractivity contribution in [1.29, 1.82) is 0 Å². The molecule has 0 bridgehead atoms. The van der Waals surface area contributed by atoms with Gasteiger partial charge in [-0.1, -0.05) is 60.7 Å². The average molecular weight is 403 g/mol. The van der Waals surface area contributed by atoms with Gasteiger partial charge >= 0.3 is 5.69 Å². The van der Waals surface area contributed by atoms with Gasteiger partial charge in [0.2, 0.25) is 5.91 Å². The highest BCUT2D eigenvalue weighted by Gasteiger charge is 2.29. The van der Waals surface area contributed by atoms with Gasteiger partial charge in [-0.3, -0.25) is 18.7 Å². The number of carbonyl (C=O) groups is 1. The zero-order chi connectivity index (χ0) is 20.9. The predicted molar refractivity (Wildman–Crippen MR) is 115 cm³/mol. The second-order valence-corrected chi connectivity index (χ2v) is 7.71. The number of amides is 1. The quantitative estimate of drug-likeness (QED) is 0.634. The van der Waals surface area contributed by atoms with Crippen LogP contribution in [0.2, 0.25) is 0 Å². The molecule has 0 radical (unpaired) electrons. The molecule has 1 saturated heterocycles. The molecular weight excluding hydrogens is 378 g/mol. The Labute approximate surface area is 175 Å². The molecule has 0 unspecified atom stereocenters. The highest BCUT2D eigenvalue weighted by atomic mass is 16.2. The fourth-order valence-corrected chi connectivity index (χ4v) is 4.09. The molecule has 1 aliphatic rings. The Morgan fingerprint density at radius 2 is 1.57 bits per heavy atom. The van der Waals surface area contributed by atoms with Gasteiger partial charge in [-0.25, -0.2) is 4.79 Å². The first-order chi connectivity index (χ1) is 14.6. The van der Waals surface area contributed by atoms with Gasteiger partial charge in [-0.2, -0.15) is 0 Å². The summed E-state index contributed by atoms with van der Waals surface area (Å²) in [5.74, 6) is -0.176. The van der Waals surface area contributed by atoms with Gasteiger partial charge < -0.3 is 4.90 Å². The second kappa shape index (κ2) is 8.95. The molecule has 1 aliphatic heterocycles. The van der Waals surface area contributed by atoms with E-state index in [9.17, 15) is 14.4 Å². The summed E-state index contributed by atoms with van der Waals surface area (Å²) in [5, 5.41) is 0. The monoisotopic (exact) mass is 403 g/mol. The van der Waals surface area contributed by atoms with E-state index in [1.165, 1.54) is 22.4 Å². The van der Waals surface area contributed by atoms with E-state index in [0.29, 0.717) is 13.1 Å². The topological polar surface area (TPSA) is 64.3 Å². The van der Waals surface area contributed by atoms with Crippen molar-refractivity contribution in [1.82, 2.24) is 14.0 Å². The normalized spacial score (nSPS) is 16.0. The molecule has 0 saturated carbocycles. The molecule has 0 N–H and O–H groups in total. The predicted octanol–water partition coefficient (Wildman–Crippen LogP) is 2.29. The Kier molecular flexibility index (Phi) is 5.93. The minimum atomic E-state index is -0.460.